The minimum Gasteiger partial charge on any atom is -0.496 e. The zero-order chi connectivity index (χ0) is 23.0. The van der Waals surface area contributed by atoms with E-state index in [0.29, 0.717) is 24.7 Å². The number of fused-ring (bicyclic) bond motifs is 1. The first-order chi connectivity index (χ1) is 16.2. The van der Waals surface area contributed by atoms with Crippen molar-refractivity contribution in [2.24, 2.45) is 5.10 Å². The van der Waals surface area contributed by atoms with E-state index >= 15 is 0 Å². The molecule has 0 spiro atoms. The molecule has 4 aromatic rings. The topological polar surface area (TPSA) is 52.1 Å². The summed E-state index contributed by atoms with van der Waals surface area (Å²) < 4.78 is 17.9. The van der Waals surface area contributed by atoms with Crippen LogP contribution in [-0.4, -0.2) is 20.4 Å². The average Bonchev–Trinajstić information content (AvgIpc) is 2.86. The molecule has 0 radical (unpaired) electrons. The maximum absolute atomic E-state index is 6.17. The van der Waals surface area contributed by atoms with Crippen molar-refractivity contribution in [2.45, 2.75) is 13.2 Å². The maximum Gasteiger partial charge on any atom is 0.175 e. The van der Waals surface area contributed by atoms with Gasteiger partial charge in [-0.15, -0.1) is 0 Å². The van der Waals surface area contributed by atoms with Gasteiger partial charge in [0.1, 0.15) is 12.4 Å². The first kappa shape index (κ1) is 22.7. The van der Waals surface area contributed by atoms with Gasteiger partial charge in [0.2, 0.25) is 0 Å². The lowest BCUT2D eigenvalue weighted by Crippen LogP contribution is -2.07. The second-order valence-electron chi connectivity index (χ2n) is 7.37. The number of hydrogen-bond acceptors (Lipinski definition) is 5. The van der Waals surface area contributed by atoms with Crippen molar-refractivity contribution in [3.63, 3.8) is 0 Å². The third-order valence-corrected chi connectivity index (χ3v) is 5.86. The molecule has 6 heteroatoms. The minimum absolute atomic E-state index is 0.435. The monoisotopic (exact) mass is 504 g/mol. The third-order valence-electron chi connectivity index (χ3n) is 5.27. The fourth-order valence-corrected chi connectivity index (χ4v) is 4.20. The maximum atomic E-state index is 6.17. The van der Waals surface area contributed by atoms with E-state index in [-0.39, 0.29) is 0 Å². The normalized spacial score (nSPS) is 11.0. The molecule has 0 aliphatic rings. The van der Waals surface area contributed by atoms with Gasteiger partial charge < -0.3 is 19.6 Å². The van der Waals surface area contributed by atoms with E-state index in [1.165, 1.54) is 10.8 Å². The Bertz CT molecular complexity index is 1270. The van der Waals surface area contributed by atoms with Crippen molar-refractivity contribution in [1.82, 2.24) is 5.43 Å². The summed E-state index contributed by atoms with van der Waals surface area (Å²) in [4.78, 5) is 0. The van der Waals surface area contributed by atoms with Crippen molar-refractivity contribution >= 4 is 32.9 Å². The summed E-state index contributed by atoms with van der Waals surface area (Å²) >= 11 is 3.62. The molecule has 0 amide bonds. The van der Waals surface area contributed by atoms with Crippen molar-refractivity contribution in [3.05, 3.63) is 100 Å². The van der Waals surface area contributed by atoms with E-state index in [2.05, 4.69) is 50.7 Å². The number of hydrazone groups is 1. The highest BCUT2D eigenvalue weighted by Gasteiger charge is 2.12. The van der Waals surface area contributed by atoms with Crippen LogP contribution in [0.15, 0.2) is 88.4 Å². The van der Waals surface area contributed by atoms with Crippen LogP contribution in [0.1, 0.15) is 16.7 Å². The van der Waals surface area contributed by atoms with Crippen molar-refractivity contribution in [2.75, 3.05) is 14.2 Å². The van der Waals surface area contributed by atoms with Crippen LogP contribution in [0.25, 0.3) is 10.8 Å². The summed E-state index contributed by atoms with van der Waals surface area (Å²) in [5, 5.41) is 6.71. The molecule has 168 valence electrons. The second-order valence-corrected chi connectivity index (χ2v) is 8.22. The largest absolute Gasteiger partial charge is 0.496 e. The Hall–Kier alpha value is -3.51. The first-order valence-corrected chi connectivity index (χ1v) is 11.3. The number of nitrogens with one attached hydrogen (secondary N) is 1. The number of halogens is 1. The molecule has 33 heavy (non-hydrogen) atoms. The van der Waals surface area contributed by atoms with E-state index < -0.39 is 0 Å². The summed E-state index contributed by atoms with van der Waals surface area (Å²) in [5.41, 5.74) is 6.09. The van der Waals surface area contributed by atoms with Crippen LogP contribution in [0.5, 0.6) is 17.2 Å². The highest BCUT2D eigenvalue weighted by molar-refractivity contribution is 9.10. The fraction of sp³-hybridized carbons (Fsp3) is 0.148. The number of hydrogen-bond donors (Lipinski definition) is 1. The van der Waals surface area contributed by atoms with Gasteiger partial charge >= 0.3 is 0 Å². The van der Waals surface area contributed by atoms with Crippen molar-refractivity contribution < 1.29 is 14.2 Å². The molecule has 4 rings (SSSR count). The van der Waals surface area contributed by atoms with Gasteiger partial charge in [-0.3, -0.25) is 0 Å². The summed E-state index contributed by atoms with van der Waals surface area (Å²) in [5.74, 6) is 2.12. The minimum atomic E-state index is 0.435. The lowest BCUT2D eigenvalue weighted by atomic mass is 10.1. The Morgan fingerprint density at radius 2 is 1.58 bits per heavy atom. The first-order valence-electron chi connectivity index (χ1n) is 10.5. The molecule has 0 bridgehead atoms. The summed E-state index contributed by atoms with van der Waals surface area (Å²) in [6, 6.07) is 26.2. The second kappa shape index (κ2) is 10.9. The van der Waals surface area contributed by atoms with Gasteiger partial charge in [0.25, 0.3) is 0 Å². The molecule has 0 saturated carbocycles. The molecule has 0 aliphatic heterocycles. The summed E-state index contributed by atoms with van der Waals surface area (Å²) in [7, 11) is 3.29. The molecule has 0 atom stereocenters. The summed E-state index contributed by atoms with van der Waals surface area (Å²) in [6.07, 6.45) is 1.75. The van der Waals surface area contributed by atoms with Gasteiger partial charge in [-0.25, -0.2) is 0 Å². The van der Waals surface area contributed by atoms with Gasteiger partial charge in [0.15, 0.2) is 11.5 Å². The van der Waals surface area contributed by atoms with Gasteiger partial charge in [0, 0.05) is 5.56 Å². The van der Waals surface area contributed by atoms with Gasteiger partial charge in [-0.2, -0.15) is 5.10 Å². The number of para-hydroxylation sites is 1. The molecule has 0 unspecified atom stereocenters. The van der Waals surface area contributed by atoms with E-state index in [4.69, 9.17) is 14.2 Å². The van der Waals surface area contributed by atoms with Crippen LogP contribution < -0.4 is 19.6 Å². The van der Waals surface area contributed by atoms with Crippen LogP contribution in [0.2, 0.25) is 0 Å². The van der Waals surface area contributed by atoms with Crippen LogP contribution in [-0.2, 0) is 13.2 Å². The Kier molecular flexibility index (Phi) is 7.47. The highest BCUT2D eigenvalue weighted by atomic mass is 79.9. The van der Waals surface area contributed by atoms with E-state index in [9.17, 15) is 0 Å². The lowest BCUT2D eigenvalue weighted by molar-refractivity contribution is 0.283. The molecular weight excluding hydrogens is 480 g/mol. The molecule has 0 aromatic heterocycles. The molecule has 0 fully saturated rings. The number of rotatable bonds is 9. The van der Waals surface area contributed by atoms with Crippen LogP contribution >= 0.6 is 15.9 Å². The third kappa shape index (κ3) is 5.46. The highest BCUT2D eigenvalue weighted by Crippen LogP contribution is 2.37. The van der Waals surface area contributed by atoms with Gasteiger partial charge in [0.05, 0.1) is 31.5 Å². The molecule has 0 saturated heterocycles. The van der Waals surface area contributed by atoms with Gasteiger partial charge in [-0.05, 0) is 56.0 Å². The zero-order valence-electron chi connectivity index (χ0n) is 18.5. The van der Waals surface area contributed by atoms with Gasteiger partial charge in [-0.1, -0.05) is 60.7 Å². The molecule has 1 N–H and O–H groups in total. The predicted octanol–water partition coefficient (Wildman–Crippen LogP) is 6.32. The molecule has 5 nitrogen and oxygen atoms in total. The van der Waals surface area contributed by atoms with Crippen molar-refractivity contribution in [3.8, 4) is 17.2 Å². The van der Waals surface area contributed by atoms with Crippen LogP contribution in [0.3, 0.4) is 0 Å². The van der Waals surface area contributed by atoms with E-state index in [0.717, 1.165) is 26.9 Å². The Labute approximate surface area is 202 Å². The lowest BCUT2D eigenvalue weighted by Gasteiger charge is -2.14. The SMILES string of the molecule is COc1ccccc1CN/N=C/c1cc(Br)c(OCc2cccc3ccccc23)c(OC)c1. The van der Waals surface area contributed by atoms with E-state index in [1.54, 1.807) is 20.4 Å². The molecular formula is C27H25BrN2O3. The standard InChI is InChI=1S/C27H25BrN2O3/c1-31-25-13-6-4-9-21(25)17-30-29-16-19-14-24(28)27(26(15-19)32-2)33-18-22-11-7-10-20-8-3-5-12-23(20)22/h3-16,30H,17-18H2,1-2H3/b29-16+. The molecule has 4 aromatic carbocycles. The fourth-order valence-electron chi connectivity index (χ4n) is 3.62. The predicted molar refractivity (Wildman–Crippen MR) is 136 cm³/mol. The Morgan fingerprint density at radius 1 is 0.848 bits per heavy atom. The summed E-state index contributed by atoms with van der Waals surface area (Å²) in [6.45, 7) is 0.995. The molecule has 0 aliphatic carbocycles. The smallest absolute Gasteiger partial charge is 0.175 e. The quantitative estimate of drug-likeness (QED) is 0.214. The van der Waals surface area contributed by atoms with Crippen molar-refractivity contribution in [1.29, 1.82) is 0 Å². The number of benzene rings is 4. The van der Waals surface area contributed by atoms with Crippen LogP contribution in [0.4, 0.5) is 0 Å². The Morgan fingerprint density at radius 3 is 2.42 bits per heavy atom. The number of methoxy groups -OCH3 is 2. The Balaban J connectivity index is 1.45. The number of nitrogens with zero attached hydrogens (tertiary/aromatic N) is 1. The number of ether oxygens (including phenoxy) is 3. The average molecular weight is 505 g/mol. The van der Waals surface area contributed by atoms with Crippen LogP contribution in [0, 0.1) is 0 Å². The molecule has 0 heterocycles. The van der Waals surface area contributed by atoms with E-state index in [1.807, 2.05) is 54.6 Å². The zero-order valence-corrected chi connectivity index (χ0v) is 20.1.